The second kappa shape index (κ2) is 6.03. The average molecular weight is 308 g/mol. The Morgan fingerprint density at radius 3 is 3.10 bits per heavy atom. The summed E-state index contributed by atoms with van der Waals surface area (Å²) < 4.78 is 0. The van der Waals surface area contributed by atoms with Crippen molar-refractivity contribution in [2.45, 2.75) is 25.3 Å². The van der Waals surface area contributed by atoms with Crippen molar-refractivity contribution in [3.05, 3.63) is 28.6 Å². The quantitative estimate of drug-likeness (QED) is 0.913. The van der Waals surface area contributed by atoms with Crippen LogP contribution in [-0.4, -0.2) is 28.6 Å². The van der Waals surface area contributed by atoms with E-state index >= 15 is 0 Å². The van der Waals surface area contributed by atoms with Crippen molar-refractivity contribution in [3.63, 3.8) is 0 Å². The van der Waals surface area contributed by atoms with Gasteiger partial charge in [-0.05, 0) is 24.3 Å². The molecule has 0 aromatic carbocycles. The highest BCUT2D eigenvalue weighted by Crippen LogP contribution is 2.28. The molecule has 3 rings (SSSR count). The number of aromatic nitrogens is 1. The first-order chi connectivity index (χ1) is 9.78. The molecule has 0 spiro atoms. The highest BCUT2D eigenvalue weighted by molar-refractivity contribution is 7.20. The second-order valence-electron chi connectivity index (χ2n) is 4.97. The number of carbonyl (C=O) groups is 1. The van der Waals surface area contributed by atoms with E-state index in [1.807, 2.05) is 17.5 Å². The van der Waals surface area contributed by atoms with E-state index in [0.29, 0.717) is 5.69 Å². The molecule has 20 heavy (non-hydrogen) atoms. The van der Waals surface area contributed by atoms with Crippen molar-refractivity contribution in [1.29, 1.82) is 0 Å². The van der Waals surface area contributed by atoms with Gasteiger partial charge in [-0.1, -0.05) is 12.5 Å². The maximum Gasteiger partial charge on any atom is 0.271 e. The van der Waals surface area contributed by atoms with Gasteiger partial charge >= 0.3 is 0 Å². The monoisotopic (exact) mass is 308 g/mol. The van der Waals surface area contributed by atoms with Crippen LogP contribution in [0.4, 0.5) is 0 Å². The fraction of sp³-hybridized carbons (Fsp3) is 0.429. The third kappa shape index (κ3) is 2.77. The number of hydrogen-bond donors (Lipinski definition) is 2. The van der Waals surface area contributed by atoms with Crippen molar-refractivity contribution in [1.82, 2.24) is 10.3 Å². The molecule has 1 aliphatic rings. The molecule has 2 unspecified atom stereocenters. The summed E-state index contributed by atoms with van der Waals surface area (Å²) in [6.45, 7) is 0.141. The number of thiophene rings is 1. The first-order valence-electron chi connectivity index (χ1n) is 6.69. The molecule has 2 heterocycles. The van der Waals surface area contributed by atoms with Gasteiger partial charge in [-0.15, -0.1) is 22.7 Å². The van der Waals surface area contributed by atoms with E-state index in [1.165, 1.54) is 11.3 Å². The highest BCUT2D eigenvalue weighted by Gasteiger charge is 2.28. The third-order valence-electron chi connectivity index (χ3n) is 3.68. The van der Waals surface area contributed by atoms with Gasteiger partial charge in [0.15, 0.2) is 0 Å². The zero-order valence-electron chi connectivity index (χ0n) is 10.9. The molecule has 0 bridgehead atoms. The summed E-state index contributed by atoms with van der Waals surface area (Å²) in [7, 11) is 0. The van der Waals surface area contributed by atoms with Gasteiger partial charge in [0.25, 0.3) is 5.91 Å². The largest absolute Gasteiger partial charge is 0.396 e. The van der Waals surface area contributed by atoms with E-state index < -0.39 is 0 Å². The van der Waals surface area contributed by atoms with Crippen LogP contribution in [0, 0.1) is 5.92 Å². The minimum absolute atomic E-state index is 0.0828. The standard InChI is InChI=1S/C14H16N2O2S2/c17-7-9-3-1-4-10(9)15-13(18)11-8-20-14(16-11)12-5-2-6-19-12/h2,5-6,8-10,17H,1,3-4,7H2,(H,15,18). The van der Waals surface area contributed by atoms with E-state index in [2.05, 4.69) is 10.3 Å². The Hall–Kier alpha value is -1.24. The molecule has 1 amide bonds. The van der Waals surface area contributed by atoms with Crippen LogP contribution in [0.2, 0.25) is 0 Å². The van der Waals surface area contributed by atoms with Crippen LogP contribution in [-0.2, 0) is 0 Å². The zero-order valence-corrected chi connectivity index (χ0v) is 12.5. The number of rotatable bonds is 4. The Morgan fingerprint density at radius 1 is 1.45 bits per heavy atom. The Kier molecular flexibility index (Phi) is 4.14. The molecule has 2 atom stereocenters. The van der Waals surface area contributed by atoms with E-state index in [9.17, 15) is 9.90 Å². The minimum Gasteiger partial charge on any atom is -0.396 e. The molecule has 0 saturated heterocycles. The molecule has 4 nitrogen and oxygen atoms in total. The Bertz CT molecular complexity index is 580. The summed E-state index contributed by atoms with van der Waals surface area (Å²) in [4.78, 5) is 17.7. The van der Waals surface area contributed by atoms with Crippen LogP contribution < -0.4 is 5.32 Å². The fourth-order valence-electron chi connectivity index (χ4n) is 2.58. The summed E-state index contributed by atoms with van der Waals surface area (Å²) in [5.74, 6) is 0.0590. The number of amides is 1. The molecule has 2 aromatic heterocycles. The zero-order chi connectivity index (χ0) is 13.9. The van der Waals surface area contributed by atoms with Crippen molar-refractivity contribution in [2.24, 2.45) is 5.92 Å². The van der Waals surface area contributed by atoms with Crippen molar-refractivity contribution in [2.75, 3.05) is 6.61 Å². The predicted molar refractivity (Wildman–Crippen MR) is 81.1 cm³/mol. The topological polar surface area (TPSA) is 62.2 Å². The maximum atomic E-state index is 12.2. The van der Waals surface area contributed by atoms with Gasteiger partial charge in [-0.2, -0.15) is 0 Å². The number of carbonyl (C=O) groups excluding carboxylic acids is 1. The number of thiazole rings is 1. The Labute approximate surface area is 125 Å². The van der Waals surface area contributed by atoms with Gasteiger partial charge in [-0.3, -0.25) is 4.79 Å². The first kappa shape index (κ1) is 13.7. The molecule has 1 aliphatic carbocycles. The van der Waals surface area contributed by atoms with Crippen LogP contribution in [0.3, 0.4) is 0 Å². The van der Waals surface area contributed by atoms with Crippen LogP contribution in [0.25, 0.3) is 9.88 Å². The highest BCUT2D eigenvalue weighted by atomic mass is 32.1. The summed E-state index contributed by atoms with van der Waals surface area (Å²) in [5, 5.41) is 17.0. The predicted octanol–water partition coefficient (Wildman–Crippen LogP) is 2.76. The molecule has 2 aromatic rings. The molecule has 0 aliphatic heterocycles. The van der Waals surface area contributed by atoms with Gasteiger partial charge in [0.05, 0.1) is 4.88 Å². The van der Waals surface area contributed by atoms with Crippen molar-refractivity contribution < 1.29 is 9.90 Å². The summed E-state index contributed by atoms with van der Waals surface area (Å²) in [6.07, 6.45) is 2.99. The first-order valence-corrected chi connectivity index (χ1v) is 8.45. The van der Waals surface area contributed by atoms with E-state index in [1.54, 1.807) is 16.7 Å². The van der Waals surface area contributed by atoms with Crippen molar-refractivity contribution >= 4 is 28.6 Å². The van der Waals surface area contributed by atoms with Crippen LogP contribution in [0.15, 0.2) is 22.9 Å². The molecule has 1 fully saturated rings. The van der Waals surface area contributed by atoms with Crippen LogP contribution in [0.1, 0.15) is 29.8 Å². The van der Waals surface area contributed by atoms with E-state index in [-0.39, 0.29) is 24.5 Å². The van der Waals surface area contributed by atoms with Gasteiger partial charge in [0.1, 0.15) is 10.7 Å². The lowest BCUT2D eigenvalue weighted by molar-refractivity contribution is 0.0912. The smallest absolute Gasteiger partial charge is 0.271 e. The lowest BCUT2D eigenvalue weighted by Crippen LogP contribution is -2.38. The van der Waals surface area contributed by atoms with E-state index in [0.717, 1.165) is 29.1 Å². The number of aliphatic hydroxyl groups excluding tert-OH is 1. The van der Waals surface area contributed by atoms with Gasteiger partial charge < -0.3 is 10.4 Å². The average Bonchev–Trinajstić information content (AvgIpc) is 3.19. The summed E-state index contributed by atoms with van der Waals surface area (Å²) >= 11 is 3.11. The molecule has 0 radical (unpaired) electrons. The summed E-state index contributed by atoms with van der Waals surface area (Å²) in [5.41, 5.74) is 0.474. The van der Waals surface area contributed by atoms with Gasteiger partial charge in [-0.25, -0.2) is 4.98 Å². The van der Waals surface area contributed by atoms with Crippen LogP contribution in [0.5, 0.6) is 0 Å². The van der Waals surface area contributed by atoms with Crippen LogP contribution >= 0.6 is 22.7 Å². The molecular formula is C14H16N2O2S2. The fourth-order valence-corrected chi connectivity index (χ4v) is 4.19. The summed E-state index contributed by atoms with van der Waals surface area (Å²) in [6, 6.07) is 4.06. The lowest BCUT2D eigenvalue weighted by Gasteiger charge is -2.18. The lowest BCUT2D eigenvalue weighted by atomic mass is 10.1. The molecular weight excluding hydrogens is 292 g/mol. The maximum absolute atomic E-state index is 12.2. The van der Waals surface area contributed by atoms with Crippen molar-refractivity contribution in [3.8, 4) is 9.88 Å². The Balaban J connectivity index is 1.68. The number of hydrogen-bond acceptors (Lipinski definition) is 5. The normalized spacial score (nSPS) is 22.1. The molecule has 6 heteroatoms. The second-order valence-corrected chi connectivity index (χ2v) is 6.77. The molecule has 2 N–H and O–H groups in total. The number of nitrogens with one attached hydrogen (secondary N) is 1. The minimum atomic E-state index is -0.130. The Morgan fingerprint density at radius 2 is 2.35 bits per heavy atom. The van der Waals surface area contributed by atoms with E-state index in [4.69, 9.17) is 0 Å². The SMILES string of the molecule is O=C(NC1CCCC1CO)c1csc(-c2cccs2)n1. The number of aliphatic hydroxyl groups is 1. The number of nitrogens with zero attached hydrogens (tertiary/aromatic N) is 1. The molecule has 106 valence electrons. The van der Waals surface area contributed by atoms with Gasteiger partial charge in [0.2, 0.25) is 0 Å². The molecule has 1 saturated carbocycles. The van der Waals surface area contributed by atoms with Gasteiger partial charge in [0, 0.05) is 23.9 Å². The third-order valence-corrected chi connectivity index (χ3v) is 5.56.